The fourth-order valence-corrected chi connectivity index (χ4v) is 1.49. The van der Waals surface area contributed by atoms with Crippen molar-refractivity contribution in [3.05, 3.63) is 24.0 Å². The van der Waals surface area contributed by atoms with Crippen LogP contribution in [-0.4, -0.2) is 23.2 Å². The number of hydrogen-bond donors (Lipinski definition) is 2. The SMILES string of the molecule is OCC1CNc2cccnc2C1. The van der Waals surface area contributed by atoms with Crippen LogP contribution in [0.5, 0.6) is 0 Å². The Morgan fingerprint density at radius 2 is 2.58 bits per heavy atom. The zero-order valence-corrected chi connectivity index (χ0v) is 6.83. The lowest BCUT2D eigenvalue weighted by Gasteiger charge is -2.23. The summed E-state index contributed by atoms with van der Waals surface area (Å²) in [6.45, 7) is 1.10. The molecule has 1 atom stereocenters. The minimum Gasteiger partial charge on any atom is -0.396 e. The first-order valence-corrected chi connectivity index (χ1v) is 4.19. The second kappa shape index (κ2) is 3.11. The Labute approximate surface area is 71.4 Å². The van der Waals surface area contributed by atoms with E-state index in [9.17, 15) is 0 Å². The number of nitrogens with zero attached hydrogens (tertiary/aromatic N) is 1. The molecule has 2 N–H and O–H groups in total. The number of hydrogen-bond acceptors (Lipinski definition) is 3. The first-order chi connectivity index (χ1) is 5.90. The molecule has 0 aromatic carbocycles. The summed E-state index contributed by atoms with van der Waals surface area (Å²) in [6.07, 6.45) is 2.68. The smallest absolute Gasteiger partial charge is 0.0638 e. The molecule has 1 aliphatic heterocycles. The van der Waals surface area contributed by atoms with Crippen molar-refractivity contribution in [1.82, 2.24) is 4.98 Å². The quantitative estimate of drug-likeness (QED) is 0.641. The third kappa shape index (κ3) is 1.28. The molecule has 2 heterocycles. The van der Waals surface area contributed by atoms with Gasteiger partial charge in [-0.25, -0.2) is 0 Å². The van der Waals surface area contributed by atoms with Gasteiger partial charge in [0, 0.05) is 25.3 Å². The second-order valence-corrected chi connectivity index (χ2v) is 3.13. The fraction of sp³-hybridized carbons (Fsp3) is 0.444. The maximum atomic E-state index is 8.95. The topological polar surface area (TPSA) is 45.1 Å². The third-order valence-electron chi connectivity index (χ3n) is 2.21. The van der Waals surface area contributed by atoms with E-state index in [0.29, 0.717) is 5.92 Å². The second-order valence-electron chi connectivity index (χ2n) is 3.13. The number of aliphatic hydroxyl groups is 1. The molecule has 1 unspecified atom stereocenters. The molecule has 0 amide bonds. The molecule has 1 aliphatic rings. The molecular formula is C9H12N2O. The van der Waals surface area contributed by atoms with E-state index in [0.717, 1.165) is 24.3 Å². The van der Waals surface area contributed by atoms with Gasteiger partial charge in [0.1, 0.15) is 0 Å². The normalized spacial score (nSPS) is 21.2. The zero-order chi connectivity index (χ0) is 8.39. The van der Waals surface area contributed by atoms with Crippen LogP contribution >= 0.6 is 0 Å². The van der Waals surface area contributed by atoms with Crippen molar-refractivity contribution in [2.75, 3.05) is 18.5 Å². The van der Waals surface area contributed by atoms with Gasteiger partial charge in [-0.2, -0.15) is 0 Å². The van der Waals surface area contributed by atoms with Gasteiger partial charge in [-0.1, -0.05) is 0 Å². The predicted molar refractivity (Wildman–Crippen MR) is 47.0 cm³/mol. The molecular weight excluding hydrogens is 152 g/mol. The van der Waals surface area contributed by atoms with Crippen LogP contribution in [0.2, 0.25) is 0 Å². The minimum atomic E-state index is 0.239. The summed E-state index contributed by atoms with van der Waals surface area (Å²) in [5.41, 5.74) is 2.19. The highest BCUT2D eigenvalue weighted by Gasteiger charge is 2.17. The summed E-state index contributed by atoms with van der Waals surface area (Å²) in [7, 11) is 0. The Morgan fingerprint density at radius 3 is 3.42 bits per heavy atom. The fourth-order valence-electron chi connectivity index (χ4n) is 1.49. The lowest BCUT2D eigenvalue weighted by atomic mass is 9.99. The van der Waals surface area contributed by atoms with Gasteiger partial charge < -0.3 is 10.4 Å². The molecule has 0 spiro atoms. The van der Waals surface area contributed by atoms with Crippen molar-refractivity contribution in [1.29, 1.82) is 0 Å². The monoisotopic (exact) mass is 164 g/mol. The van der Waals surface area contributed by atoms with Gasteiger partial charge >= 0.3 is 0 Å². The molecule has 1 aromatic rings. The highest BCUT2D eigenvalue weighted by Crippen LogP contribution is 2.21. The molecule has 0 saturated carbocycles. The highest BCUT2D eigenvalue weighted by atomic mass is 16.3. The zero-order valence-electron chi connectivity index (χ0n) is 6.83. The van der Waals surface area contributed by atoms with Gasteiger partial charge in [0.25, 0.3) is 0 Å². The highest BCUT2D eigenvalue weighted by molar-refractivity contribution is 5.49. The standard InChI is InChI=1S/C9H12N2O/c12-6-7-4-9-8(11-5-7)2-1-3-10-9/h1-3,7,11-12H,4-6H2. The summed E-state index contributed by atoms with van der Waals surface area (Å²) in [6, 6.07) is 3.95. The van der Waals surface area contributed by atoms with Crippen LogP contribution in [0.1, 0.15) is 5.69 Å². The average molecular weight is 164 g/mol. The van der Waals surface area contributed by atoms with Crippen LogP contribution in [0.15, 0.2) is 18.3 Å². The molecule has 64 valence electrons. The van der Waals surface area contributed by atoms with Crippen LogP contribution in [-0.2, 0) is 6.42 Å². The van der Waals surface area contributed by atoms with Gasteiger partial charge in [-0.15, -0.1) is 0 Å². The van der Waals surface area contributed by atoms with Crippen molar-refractivity contribution >= 4 is 5.69 Å². The largest absolute Gasteiger partial charge is 0.396 e. The minimum absolute atomic E-state index is 0.239. The van der Waals surface area contributed by atoms with Crippen molar-refractivity contribution in [2.45, 2.75) is 6.42 Å². The number of aromatic nitrogens is 1. The Kier molecular flexibility index (Phi) is 1.96. The molecule has 12 heavy (non-hydrogen) atoms. The van der Waals surface area contributed by atoms with E-state index in [1.54, 1.807) is 6.20 Å². The lowest BCUT2D eigenvalue weighted by Crippen LogP contribution is -2.26. The number of rotatable bonds is 1. The van der Waals surface area contributed by atoms with E-state index in [2.05, 4.69) is 10.3 Å². The summed E-state index contributed by atoms with van der Waals surface area (Å²) in [4.78, 5) is 4.24. The molecule has 3 nitrogen and oxygen atoms in total. The first kappa shape index (κ1) is 7.55. The van der Waals surface area contributed by atoms with Gasteiger partial charge in [0.05, 0.1) is 11.4 Å². The Morgan fingerprint density at radius 1 is 1.67 bits per heavy atom. The number of aliphatic hydroxyl groups excluding tert-OH is 1. The van der Waals surface area contributed by atoms with E-state index in [1.165, 1.54) is 0 Å². The Bertz CT molecular complexity index is 275. The van der Waals surface area contributed by atoms with Crippen LogP contribution in [0.25, 0.3) is 0 Å². The lowest BCUT2D eigenvalue weighted by molar-refractivity contribution is 0.229. The van der Waals surface area contributed by atoms with Crippen molar-refractivity contribution in [2.24, 2.45) is 5.92 Å². The summed E-state index contributed by atoms with van der Waals surface area (Å²) < 4.78 is 0. The predicted octanol–water partition coefficient (Wildman–Crippen LogP) is 0.658. The van der Waals surface area contributed by atoms with Crippen LogP contribution in [0, 0.1) is 5.92 Å². The molecule has 0 bridgehead atoms. The summed E-state index contributed by atoms with van der Waals surface area (Å²) in [5, 5.41) is 12.2. The number of pyridine rings is 1. The molecule has 2 rings (SSSR count). The molecule has 0 radical (unpaired) electrons. The third-order valence-corrected chi connectivity index (χ3v) is 2.21. The molecule has 1 aromatic heterocycles. The van der Waals surface area contributed by atoms with Crippen molar-refractivity contribution in [3.8, 4) is 0 Å². The molecule has 0 saturated heterocycles. The van der Waals surface area contributed by atoms with Crippen LogP contribution < -0.4 is 5.32 Å². The Hall–Kier alpha value is -1.09. The van der Waals surface area contributed by atoms with E-state index in [-0.39, 0.29) is 6.61 Å². The van der Waals surface area contributed by atoms with Crippen LogP contribution in [0.3, 0.4) is 0 Å². The number of anilines is 1. The van der Waals surface area contributed by atoms with E-state index in [4.69, 9.17) is 5.11 Å². The van der Waals surface area contributed by atoms with Crippen LogP contribution in [0.4, 0.5) is 5.69 Å². The van der Waals surface area contributed by atoms with E-state index < -0.39 is 0 Å². The molecule has 3 heteroatoms. The maximum Gasteiger partial charge on any atom is 0.0638 e. The van der Waals surface area contributed by atoms with Crippen molar-refractivity contribution < 1.29 is 5.11 Å². The average Bonchev–Trinajstić information content (AvgIpc) is 2.17. The first-order valence-electron chi connectivity index (χ1n) is 4.19. The Balaban J connectivity index is 2.23. The summed E-state index contributed by atoms with van der Waals surface area (Å²) >= 11 is 0. The van der Waals surface area contributed by atoms with Crippen molar-refractivity contribution in [3.63, 3.8) is 0 Å². The maximum absolute atomic E-state index is 8.95. The number of nitrogens with one attached hydrogen (secondary N) is 1. The molecule has 0 aliphatic carbocycles. The summed E-state index contributed by atoms with van der Waals surface area (Å²) in [5.74, 6) is 0.326. The van der Waals surface area contributed by atoms with Gasteiger partial charge in [0.2, 0.25) is 0 Å². The van der Waals surface area contributed by atoms with E-state index in [1.807, 2.05) is 12.1 Å². The van der Waals surface area contributed by atoms with Gasteiger partial charge in [-0.05, 0) is 18.6 Å². The van der Waals surface area contributed by atoms with Gasteiger partial charge in [-0.3, -0.25) is 4.98 Å². The number of fused-ring (bicyclic) bond motifs is 1. The van der Waals surface area contributed by atoms with E-state index >= 15 is 0 Å². The van der Waals surface area contributed by atoms with Gasteiger partial charge in [0.15, 0.2) is 0 Å². The molecule has 0 fully saturated rings.